The molecule has 0 bridgehead atoms. The third-order valence-electron chi connectivity index (χ3n) is 12.6. The average molecular weight is 767 g/mol. The van der Waals surface area contributed by atoms with Gasteiger partial charge in [0.1, 0.15) is 0 Å². The van der Waals surface area contributed by atoms with Crippen LogP contribution in [0.3, 0.4) is 0 Å². The molecule has 0 saturated carbocycles. The minimum absolute atomic E-state index is 0.231. The monoisotopic (exact) mass is 766 g/mol. The summed E-state index contributed by atoms with van der Waals surface area (Å²) in [4.78, 5) is 15.3. The Morgan fingerprint density at radius 1 is 0.383 bits per heavy atom. The normalized spacial score (nSPS) is 13.0. The maximum atomic E-state index is 5.15. The molecule has 60 heavy (non-hydrogen) atoms. The van der Waals surface area contributed by atoms with Crippen molar-refractivity contribution in [2.24, 2.45) is 0 Å². The van der Waals surface area contributed by atoms with Crippen molar-refractivity contribution in [3.05, 3.63) is 205 Å². The molecule has 11 aromatic rings. The van der Waals surface area contributed by atoms with E-state index in [2.05, 4.69) is 176 Å². The van der Waals surface area contributed by atoms with E-state index in [0.717, 1.165) is 33.2 Å². The van der Waals surface area contributed by atoms with Gasteiger partial charge in [0, 0.05) is 38.3 Å². The second-order valence-corrected chi connectivity index (χ2v) is 16.4. The van der Waals surface area contributed by atoms with E-state index in [9.17, 15) is 0 Å². The summed E-state index contributed by atoms with van der Waals surface area (Å²) in [6, 6.07) is 69.5. The average Bonchev–Trinajstić information content (AvgIpc) is 3.75. The molecule has 0 aliphatic heterocycles. The van der Waals surface area contributed by atoms with Crippen molar-refractivity contribution in [2.75, 3.05) is 0 Å². The van der Waals surface area contributed by atoms with Gasteiger partial charge in [-0.1, -0.05) is 172 Å². The molecule has 0 spiro atoms. The maximum Gasteiger partial charge on any atom is 0.164 e. The lowest BCUT2D eigenvalue weighted by Gasteiger charge is -2.23. The van der Waals surface area contributed by atoms with E-state index < -0.39 is 0 Å². The molecule has 1 aliphatic carbocycles. The first-order valence-electron chi connectivity index (χ1n) is 20.6. The number of para-hydroxylation sites is 1. The van der Waals surface area contributed by atoms with Gasteiger partial charge in [0.25, 0.3) is 0 Å². The molecule has 0 radical (unpaired) electrons. The molecule has 282 valence electrons. The Bertz CT molecular complexity index is 3440. The van der Waals surface area contributed by atoms with Crippen molar-refractivity contribution in [2.45, 2.75) is 19.3 Å². The van der Waals surface area contributed by atoms with Gasteiger partial charge in [0.05, 0.1) is 16.7 Å². The van der Waals surface area contributed by atoms with Gasteiger partial charge >= 0.3 is 0 Å². The van der Waals surface area contributed by atoms with Gasteiger partial charge in [0.15, 0.2) is 17.5 Å². The van der Waals surface area contributed by atoms with Crippen LogP contribution in [-0.4, -0.2) is 19.5 Å². The molecule has 0 amide bonds. The number of rotatable bonds is 5. The van der Waals surface area contributed by atoms with Crippen LogP contribution in [-0.2, 0) is 5.41 Å². The first-order chi connectivity index (χ1) is 29.5. The lowest BCUT2D eigenvalue weighted by atomic mass is 9.81. The number of aromatic nitrogens is 4. The standard InChI is InChI=1S/C56H38N4/c1-56(2)45-33-39-25-13-12-24-38(39)32-44(45)51-46(56)34-49-52(50(51)35-18-6-3-7-19-35)43-28-16-17-29-47(43)60(49)48-31-30-42(40-26-14-15-27-41(40)48)55-58-53(36-20-8-4-9-21-36)57-54(59-55)37-22-10-5-11-23-37/h3-34H,1-2H3. The van der Waals surface area contributed by atoms with Crippen molar-refractivity contribution in [1.29, 1.82) is 0 Å². The molecule has 0 saturated heterocycles. The molecule has 12 rings (SSSR count). The van der Waals surface area contributed by atoms with Gasteiger partial charge in [-0.25, -0.2) is 15.0 Å². The summed E-state index contributed by atoms with van der Waals surface area (Å²) in [5.41, 5.74) is 14.0. The van der Waals surface area contributed by atoms with Crippen LogP contribution in [0.4, 0.5) is 0 Å². The third-order valence-corrected chi connectivity index (χ3v) is 12.6. The third kappa shape index (κ3) is 5.14. The Balaban J connectivity index is 1.15. The molecular weight excluding hydrogens is 729 g/mol. The second kappa shape index (κ2) is 13.2. The van der Waals surface area contributed by atoms with Crippen LogP contribution in [0, 0.1) is 0 Å². The highest BCUT2D eigenvalue weighted by Crippen LogP contribution is 2.56. The van der Waals surface area contributed by atoms with Crippen molar-refractivity contribution < 1.29 is 0 Å². The van der Waals surface area contributed by atoms with E-state index in [1.54, 1.807) is 0 Å². The van der Waals surface area contributed by atoms with Gasteiger partial charge in [-0.3, -0.25) is 0 Å². The SMILES string of the molecule is CC1(C)c2cc3ccccc3cc2-c2c1cc1c(c2-c2ccccc2)c2ccccc2n1-c1ccc(-c2nc(-c3ccccc3)nc(-c3ccccc3)n2)c2ccccc12. The largest absolute Gasteiger partial charge is 0.309 e. The lowest BCUT2D eigenvalue weighted by Crippen LogP contribution is -2.15. The highest BCUT2D eigenvalue weighted by Gasteiger charge is 2.39. The van der Waals surface area contributed by atoms with Crippen LogP contribution in [0.5, 0.6) is 0 Å². The minimum Gasteiger partial charge on any atom is -0.309 e. The zero-order valence-corrected chi connectivity index (χ0v) is 33.3. The highest BCUT2D eigenvalue weighted by atomic mass is 15.0. The Morgan fingerprint density at radius 2 is 0.917 bits per heavy atom. The first-order valence-corrected chi connectivity index (χ1v) is 20.6. The van der Waals surface area contributed by atoms with E-state index in [-0.39, 0.29) is 5.41 Å². The molecule has 2 heterocycles. The van der Waals surface area contributed by atoms with Crippen LogP contribution < -0.4 is 0 Å². The van der Waals surface area contributed by atoms with E-state index in [0.29, 0.717) is 17.5 Å². The molecular formula is C56H38N4. The van der Waals surface area contributed by atoms with Crippen molar-refractivity contribution in [3.63, 3.8) is 0 Å². The van der Waals surface area contributed by atoms with Crippen LogP contribution in [0.15, 0.2) is 194 Å². The number of nitrogens with zero attached hydrogens (tertiary/aromatic N) is 4. The van der Waals surface area contributed by atoms with Crippen LogP contribution in [0.2, 0.25) is 0 Å². The van der Waals surface area contributed by atoms with Gasteiger partial charge < -0.3 is 4.57 Å². The van der Waals surface area contributed by atoms with Gasteiger partial charge in [-0.05, 0) is 85.9 Å². The second-order valence-electron chi connectivity index (χ2n) is 16.4. The zero-order chi connectivity index (χ0) is 40.0. The predicted molar refractivity (Wildman–Crippen MR) is 248 cm³/mol. The van der Waals surface area contributed by atoms with E-state index in [4.69, 9.17) is 15.0 Å². The summed E-state index contributed by atoms with van der Waals surface area (Å²) in [6.45, 7) is 4.79. The van der Waals surface area contributed by atoms with Gasteiger partial charge in [0.2, 0.25) is 0 Å². The van der Waals surface area contributed by atoms with Crippen LogP contribution >= 0.6 is 0 Å². The predicted octanol–water partition coefficient (Wildman–Crippen LogP) is 14.2. The maximum absolute atomic E-state index is 5.15. The van der Waals surface area contributed by atoms with Gasteiger partial charge in [-0.15, -0.1) is 0 Å². The van der Waals surface area contributed by atoms with E-state index >= 15 is 0 Å². The molecule has 0 N–H and O–H groups in total. The van der Waals surface area contributed by atoms with Crippen molar-refractivity contribution >= 4 is 43.4 Å². The molecule has 0 unspecified atom stereocenters. The summed E-state index contributed by atoms with van der Waals surface area (Å²) in [7, 11) is 0. The van der Waals surface area contributed by atoms with Crippen LogP contribution in [0.25, 0.3) is 105 Å². The molecule has 1 aliphatic rings. The molecule has 9 aromatic carbocycles. The topological polar surface area (TPSA) is 43.6 Å². The Labute approximate surface area is 348 Å². The summed E-state index contributed by atoms with van der Waals surface area (Å²) >= 11 is 0. The fraction of sp³-hybridized carbons (Fsp3) is 0.0536. The Hall–Kier alpha value is -7.69. The molecule has 0 fully saturated rings. The summed E-state index contributed by atoms with van der Waals surface area (Å²) in [5.74, 6) is 1.94. The summed E-state index contributed by atoms with van der Waals surface area (Å²) in [6.07, 6.45) is 0. The lowest BCUT2D eigenvalue weighted by molar-refractivity contribution is 0.662. The van der Waals surface area contributed by atoms with E-state index in [1.807, 2.05) is 36.4 Å². The minimum atomic E-state index is -0.231. The van der Waals surface area contributed by atoms with Crippen molar-refractivity contribution in [1.82, 2.24) is 19.5 Å². The Kier molecular flexibility index (Phi) is 7.54. The van der Waals surface area contributed by atoms with E-state index in [1.165, 1.54) is 66.0 Å². The summed E-state index contributed by atoms with van der Waals surface area (Å²) < 4.78 is 2.50. The highest BCUT2D eigenvalue weighted by molar-refractivity contribution is 6.21. The smallest absolute Gasteiger partial charge is 0.164 e. The molecule has 4 heteroatoms. The molecule has 0 atom stereocenters. The summed E-state index contributed by atoms with van der Waals surface area (Å²) in [5, 5.41) is 7.22. The van der Waals surface area contributed by atoms with Gasteiger partial charge in [-0.2, -0.15) is 0 Å². The number of hydrogen-bond acceptors (Lipinski definition) is 3. The molecule has 4 nitrogen and oxygen atoms in total. The number of hydrogen-bond donors (Lipinski definition) is 0. The fourth-order valence-electron chi connectivity index (χ4n) is 9.76. The Morgan fingerprint density at radius 3 is 1.58 bits per heavy atom. The molecule has 2 aromatic heterocycles. The quantitative estimate of drug-likeness (QED) is 0.175. The van der Waals surface area contributed by atoms with Crippen molar-refractivity contribution in [3.8, 4) is 62.1 Å². The van der Waals surface area contributed by atoms with Crippen LogP contribution in [0.1, 0.15) is 25.0 Å². The number of fused-ring (bicyclic) bond motifs is 8. The number of benzene rings is 9. The fourth-order valence-corrected chi connectivity index (χ4v) is 9.76. The zero-order valence-electron chi connectivity index (χ0n) is 33.3. The first kappa shape index (κ1) is 34.4.